The van der Waals surface area contributed by atoms with Gasteiger partial charge in [-0.1, -0.05) is 23.5 Å². The van der Waals surface area contributed by atoms with Gasteiger partial charge in [0, 0.05) is 13.1 Å². The summed E-state index contributed by atoms with van der Waals surface area (Å²) in [6.45, 7) is 3.72. The van der Waals surface area contributed by atoms with Crippen LogP contribution in [-0.4, -0.2) is 40.6 Å². The van der Waals surface area contributed by atoms with Gasteiger partial charge in [-0.25, -0.2) is 4.98 Å². The standard InChI is InChI=1S/C21H25N5O3S/c1-14(15-7-6-8-16(11-15)29-2)23-17(27)12-26-13-22-19-18(20(26)28)30-21(24-19)25-9-4-3-5-10-25/h6-8,11,13-14H,3-5,9-10,12H2,1-2H3,(H,23,27)/t14-/m0/s1. The van der Waals surface area contributed by atoms with Crippen LogP contribution in [0.15, 0.2) is 35.4 Å². The number of fused-ring (bicyclic) bond motifs is 1. The summed E-state index contributed by atoms with van der Waals surface area (Å²) in [5.41, 5.74) is 1.15. The van der Waals surface area contributed by atoms with Crippen molar-refractivity contribution < 1.29 is 9.53 Å². The van der Waals surface area contributed by atoms with Gasteiger partial charge in [-0.3, -0.25) is 14.2 Å². The number of nitrogens with one attached hydrogen (secondary N) is 1. The van der Waals surface area contributed by atoms with E-state index in [0.29, 0.717) is 10.3 Å². The molecule has 0 radical (unpaired) electrons. The lowest BCUT2D eigenvalue weighted by atomic mass is 10.1. The average molecular weight is 428 g/mol. The Kier molecular flexibility index (Phi) is 5.98. The molecule has 0 unspecified atom stereocenters. The molecule has 1 N–H and O–H groups in total. The zero-order valence-electron chi connectivity index (χ0n) is 17.1. The van der Waals surface area contributed by atoms with Crippen LogP contribution in [0, 0.1) is 0 Å². The SMILES string of the molecule is COc1cccc([C@H](C)NC(=O)Cn2cnc3nc(N4CCCCC4)sc3c2=O)c1. The van der Waals surface area contributed by atoms with E-state index in [1.807, 2.05) is 31.2 Å². The lowest BCUT2D eigenvalue weighted by Crippen LogP contribution is -2.33. The fraction of sp³-hybridized carbons (Fsp3) is 0.429. The lowest BCUT2D eigenvalue weighted by molar-refractivity contribution is -0.122. The Balaban J connectivity index is 1.48. The second-order valence-corrected chi connectivity index (χ2v) is 8.42. The number of methoxy groups -OCH3 is 1. The highest BCUT2D eigenvalue weighted by Crippen LogP contribution is 2.27. The Morgan fingerprint density at radius 1 is 1.30 bits per heavy atom. The minimum Gasteiger partial charge on any atom is -0.497 e. The zero-order valence-corrected chi connectivity index (χ0v) is 17.9. The van der Waals surface area contributed by atoms with Crippen molar-refractivity contribution in [2.75, 3.05) is 25.1 Å². The number of hydrogen-bond acceptors (Lipinski definition) is 7. The van der Waals surface area contributed by atoms with Gasteiger partial charge in [-0.05, 0) is 43.9 Å². The van der Waals surface area contributed by atoms with Crippen LogP contribution >= 0.6 is 11.3 Å². The summed E-state index contributed by atoms with van der Waals surface area (Å²) in [5, 5.41) is 3.76. The number of carbonyl (C=O) groups excluding carboxylic acids is 1. The molecule has 158 valence electrons. The third kappa shape index (κ3) is 4.30. The number of ether oxygens (including phenoxy) is 1. The fourth-order valence-electron chi connectivity index (χ4n) is 3.60. The molecular formula is C21H25N5O3S. The third-order valence-electron chi connectivity index (χ3n) is 5.28. The van der Waals surface area contributed by atoms with Crippen LogP contribution < -0.4 is 20.5 Å². The van der Waals surface area contributed by atoms with Gasteiger partial charge in [0.1, 0.15) is 23.3 Å². The molecule has 0 aliphatic carbocycles. The molecule has 1 atom stereocenters. The number of anilines is 1. The molecular weight excluding hydrogens is 402 g/mol. The maximum absolute atomic E-state index is 12.9. The highest BCUT2D eigenvalue weighted by Gasteiger charge is 2.19. The first kappa shape index (κ1) is 20.3. The molecule has 1 amide bonds. The first-order valence-electron chi connectivity index (χ1n) is 10.1. The third-order valence-corrected chi connectivity index (χ3v) is 6.38. The fourth-order valence-corrected chi connectivity index (χ4v) is 4.62. The monoisotopic (exact) mass is 427 g/mol. The van der Waals surface area contributed by atoms with E-state index < -0.39 is 0 Å². The number of hydrogen-bond donors (Lipinski definition) is 1. The predicted octanol–water partition coefficient (Wildman–Crippen LogP) is 2.73. The molecule has 4 rings (SSSR count). The number of thiazole rings is 1. The molecule has 1 aliphatic rings. The summed E-state index contributed by atoms with van der Waals surface area (Å²) in [6.07, 6.45) is 4.91. The Hall–Kier alpha value is -2.94. The van der Waals surface area contributed by atoms with E-state index >= 15 is 0 Å². The quantitative estimate of drug-likeness (QED) is 0.651. The van der Waals surface area contributed by atoms with Gasteiger partial charge in [0.25, 0.3) is 5.56 Å². The number of nitrogens with zero attached hydrogens (tertiary/aromatic N) is 4. The Morgan fingerprint density at radius 2 is 2.10 bits per heavy atom. The van der Waals surface area contributed by atoms with Gasteiger partial charge >= 0.3 is 0 Å². The van der Waals surface area contributed by atoms with E-state index in [-0.39, 0.29) is 24.1 Å². The highest BCUT2D eigenvalue weighted by atomic mass is 32.1. The zero-order chi connectivity index (χ0) is 21.1. The van der Waals surface area contributed by atoms with Crippen LogP contribution in [0.5, 0.6) is 5.75 Å². The minimum absolute atomic E-state index is 0.0902. The van der Waals surface area contributed by atoms with E-state index in [9.17, 15) is 9.59 Å². The Bertz CT molecular complexity index is 1100. The van der Waals surface area contributed by atoms with Gasteiger partial charge in [-0.15, -0.1) is 0 Å². The number of rotatable bonds is 6. The van der Waals surface area contributed by atoms with Crippen molar-refractivity contribution in [3.05, 3.63) is 46.5 Å². The van der Waals surface area contributed by atoms with Crippen molar-refractivity contribution in [3.8, 4) is 5.75 Å². The lowest BCUT2D eigenvalue weighted by Gasteiger charge is -2.25. The van der Waals surface area contributed by atoms with Gasteiger partial charge in [-0.2, -0.15) is 4.98 Å². The van der Waals surface area contributed by atoms with E-state index in [4.69, 9.17) is 4.74 Å². The molecule has 0 spiro atoms. The van der Waals surface area contributed by atoms with E-state index in [0.717, 1.165) is 42.4 Å². The van der Waals surface area contributed by atoms with Crippen molar-refractivity contribution in [2.45, 2.75) is 38.8 Å². The number of amides is 1. The molecule has 1 saturated heterocycles. The summed E-state index contributed by atoms with van der Waals surface area (Å²) in [6, 6.07) is 7.32. The molecule has 1 aliphatic heterocycles. The maximum Gasteiger partial charge on any atom is 0.273 e. The molecule has 1 aromatic carbocycles. The van der Waals surface area contributed by atoms with Crippen LogP contribution in [0.2, 0.25) is 0 Å². The van der Waals surface area contributed by atoms with Crippen LogP contribution in [-0.2, 0) is 11.3 Å². The largest absolute Gasteiger partial charge is 0.497 e. The average Bonchev–Trinajstić information content (AvgIpc) is 3.21. The summed E-state index contributed by atoms with van der Waals surface area (Å²) in [5.74, 6) is 0.475. The summed E-state index contributed by atoms with van der Waals surface area (Å²) in [7, 11) is 1.61. The predicted molar refractivity (Wildman–Crippen MR) is 117 cm³/mol. The van der Waals surface area contributed by atoms with Crippen LogP contribution in [0.1, 0.15) is 37.8 Å². The number of carbonyl (C=O) groups is 1. The van der Waals surface area contributed by atoms with E-state index in [2.05, 4.69) is 20.2 Å². The van der Waals surface area contributed by atoms with Gasteiger partial charge < -0.3 is 15.0 Å². The van der Waals surface area contributed by atoms with Crippen molar-refractivity contribution >= 4 is 32.7 Å². The van der Waals surface area contributed by atoms with Gasteiger partial charge in [0.2, 0.25) is 5.91 Å². The van der Waals surface area contributed by atoms with Gasteiger partial charge in [0.05, 0.1) is 13.2 Å². The molecule has 2 aromatic heterocycles. The second kappa shape index (κ2) is 8.83. The van der Waals surface area contributed by atoms with Crippen molar-refractivity contribution in [3.63, 3.8) is 0 Å². The van der Waals surface area contributed by atoms with E-state index in [1.54, 1.807) is 7.11 Å². The number of piperidine rings is 1. The topological polar surface area (TPSA) is 89.3 Å². The molecule has 8 nitrogen and oxygen atoms in total. The van der Waals surface area contributed by atoms with Crippen LogP contribution in [0.3, 0.4) is 0 Å². The minimum atomic E-state index is -0.255. The smallest absolute Gasteiger partial charge is 0.273 e. The first-order valence-corrected chi connectivity index (χ1v) is 10.9. The molecule has 1 fully saturated rings. The van der Waals surface area contributed by atoms with Crippen molar-refractivity contribution in [2.24, 2.45) is 0 Å². The summed E-state index contributed by atoms with van der Waals surface area (Å²) >= 11 is 1.36. The summed E-state index contributed by atoms with van der Waals surface area (Å²) < 4.78 is 7.07. The molecule has 0 saturated carbocycles. The van der Waals surface area contributed by atoms with Crippen molar-refractivity contribution in [1.29, 1.82) is 0 Å². The van der Waals surface area contributed by atoms with Crippen LogP contribution in [0.25, 0.3) is 10.3 Å². The Morgan fingerprint density at radius 3 is 2.87 bits per heavy atom. The molecule has 3 aromatic rings. The number of benzene rings is 1. The molecule has 0 bridgehead atoms. The van der Waals surface area contributed by atoms with Gasteiger partial charge in [0.15, 0.2) is 10.8 Å². The normalized spacial score (nSPS) is 15.2. The first-order chi connectivity index (χ1) is 14.5. The summed E-state index contributed by atoms with van der Waals surface area (Å²) in [4.78, 5) is 36.5. The molecule has 9 heteroatoms. The molecule has 3 heterocycles. The number of aromatic nitrogens is 3. The van der Waals surface area contributed by atoms with Crippen molar-refractivity contribution in [1.82, 2.24) is 19.9 Å². The highest BCUT2D eigenvalue weighted by molar-refractivity contribution is 7.22. The van der Waals surface area contributed by atoms with Crippen LogP contribution in [0.4, 0.5) is 5.13 Å². The Labute approximate surface area is 178 Å². The second-order valence-electron chi connectivity index (χ2n) is 7.44. The maximum atomic E-state index is 12.9. The van der Waals surface area contributed by atoms with E-state index in [1.165, 1.54) is 28.7 Å². The molecule has 30 heavy (non-hydrogen) atoms.